The first-order chi connectivity index (χ1) is 20.6. The second-order valence-electron chi connectivity index (χ2n) is 11.1. The van der Waals surface area contributed by atoms with Gasteiger partial charge in [0, 0.05) is 30.5 Å². The number of unbranched alkanes of at least 4 members (excludes halogenated alkanes) is 1. The minimum absolute atomic E-state index is 0.616. The molecule has 1 aliphatic heterocycles. The van der Waals surface area contributed by atoms with Crippen LogP contribution in [0.1, 0.15) is 37.7 Å². The van der Waals surface area contributed by atoms with Gasteiger partial charge in [-0.15, -0.1) is 0 Å². The van der Waals surface area contributed by atoms with Crippen molar-refractivity contribution in [2.75, 3.05) is 37.0 Å². The standard InChI is InChI=1S/C32H35N8O2/c1-22-18-23(8-11-28(22)42-25-12-15-40-29(19-25)34-21-36-40)37-32-30-26(33-20-35-32)9-10-27-31(30)41-17-16-39(27)14-4-3-13-38(2)24-6-5-7-24/h8-12,14-15,18-21,24H,3-7,13,16-17H2,1-2H3,(H,33,35,37). The number of nitrogens with one attached hydrogen (secondary N) is 1. The molecule has 215 valence electrons. The maximum Gasteiger partial charge on any atom is 0.158 e. The molecule has 0 spiro atoms. The second-order valence-corrected chi connectivity index (χ2v) is 11.1. The molecule has 1 saturated carbocycles. The number of fused-ring (bicyclic) bond motifs is 4. The van der Waals surface area contributed by atoms with Crippen molar-refractivity contribution in [2.24, 2.45) is 0 Å². The number of rotatable bonds is 10. The Hall–Kier alpha value is -4.44. The van der Waals surface area contributed by atoms with Gasteiger partial charge in [-0.3, -0.25) is 0 Å². The third-order valence-corrected chi connectivity index (χ3v) is 8.30. The molecule has 7 rings (SSSR count). The van der Waals surface area contributed by atoms with E-state index < -0.39 is 0 Å². The number of aromatic nitrogens is 5. The lowest BCUT2D eigenvalue weighted by Crippen LogP contribution is -2.37. The lowest BCUT2D eigenvalue weighted by molar-refractivity contribution is 0.158. The first-order valence-corrected chi connectivity index (χ1v) is 14.7. The fourth-order valence-electron chi connectivity index (χ4n) is 5.70. The summed E-state index contributed by atoms with van der Waals surface area (Å²) < 4.78 is 14.1. The van der Waals surface area contributed by atoms with E-state index in [4.69, 9.17) is 9.47 Å². The normalized spacial score (nSPS) is 15.1. The summed E-state index contributed by atoms with van der Waals surface area (Å²) in [5.41, 5.74) is 4.53. The van der Waals surface area contributed by atoms with Gasteiger partial charge in [0.15, 0.2) is 11.4 Å². The highest BCUT2D eigenvalue weighted by atomic mass is 16.5. The van der Waals surface area contributed by atoms with Gasteiger partial charge in [-0.1, -0.05) is 6.42 Å². The number of nitrogens with zero attached hydrogens (tertiary/aromatic N) is 7. The molecule has 5 aromatic rings. The van der Waals surface area contributed by atoms with Crippen LogP contribution >= 0.6 is 0 Å². The number of hydrogen-bond acceptors (Lipinski definition) is 9. The average Bonchev–Trinajstić information content (AvgIpc) is 3.44. The van der Waals surface area contributed by atoms with Crippen molar-refractivity contribution in [2.45, 2.75) is 45.1 Å². The van der Waals surface area contributed by atoms with Gasteiger partial charge in [0.2, 0.25) is 0 Å². The zero-order valence-electron chi connectivity index (χ0n) is 24.0. The summed E-state index contributed by atoms with van der Waals surface area (Å²) >= 11 is 0. The number of ether oxygens (including phenoxy) is 2. The predicted molar refractivity (Wildman–Crippen MR) is 164 cm³/mol. The van der Waals surface area contributed by atoms with E-state index >= 15 is 0 Å². The van der Waals surface area contributed by atoms with Crippen LogP contribution < -0.4 is 19.7 Å². The van der Waals surface area contributed by atoms with Gasteiger partial charge in [-0.25, -0.2) is 19.5 Å². The Kier molecular flexibility index (Phi) is 7.21. The highest BCUT2D eigenvalue weighted by Gasteiger charge is 2.24. The van der Waals surface area contributed by atoms with E-state index in [1.165, 1.54) is 25.6 Å². The highest BCUT2D eigenvalue weighted by molar-refractivity contribution is 6.00. The van der Waals surface area contributed by atoms with Gasteiger partial charge in [-0.2, -0.15) is 5.10 Å². The molecule has 0 amide bonds. The van der Waals surface area contributed by atoms with Gasteiger partial charge in [0.25, 0.3) is 0 Å². The van der Waals surface area contributed by atoms with Crippen molar-refractivity contribution in [3.63, 3.8) is 0 Å². The molecule has 3 aromatic heterocycles. The van der Waals surface area contributed by atoms with Crippen molar-refractivity contribution in [1.29, 1.82) is 0 Å². The average molecular weight is 564 g/mol. The summed E-state index contributed by atoms with van der Waals surface area (Å²) in [4.78, 5) is 18.2. The third-order valence-electron chi connectivity index (χ3n) is 8.30. The first-order valence-electron chi connectivity index (χ1n) is 14.7. The Morgan fingerprint density at radius 2 is 2.02 bits per heavy atom. The molecule has 0 bridgehead atoms. The van der Waals surface area contributed by atoms with Crippen LogP contribution in [0, 0.1) is 13.5 Å². The fraction of sp³-hybridized carbons (Fsp3) is 0.344. The molecular formula is C32H35N8O2. The summed E-state index contributed by atoms with van der Waals surface area (Å²) in [5, 5.41) is 8.53. The van der Waals surface area contributed by atoms with Gasteiger partial charge < -0.3 is 24.6 Å². The number of anilines is 3. The summed E-state index contributed by atoms with van der Waals surface area (Å²) in [6.07, 6.45) is 11.2. The van der Waals surface area contributed by atoms with E-state index in [1.54, 1.807) is 10.8 Å². The Balaban J connectivity index is 1.08. The smallest absolute Gasteiger partial charge is 0.158 e. The summed E-state index contributed by atoms with van der Waals surface area (Å²) in [7, 11) is 2.26. The van der Waals surface area contributed by atoms with Crippen molar-refractivity contribution in [3.05, 3.63) is 73.4 Å². The van der Waals surface area contributed by atoms with Crippen molar-refractivity contribution < 1.29 is 9.47 Å². The molecule has 4 heterocycles. The molecule has 0 unspecified atom stereocenters. The molecule has 1 aliphatic carbocycles. The number of aryl methyl sites for hydroxylation is 1. The molecular weight excluding hydrogens is 528 g/mol. The molecule has 10 nitrogen and oxygen atoms in total. The van der Waals surface area contributed by atoms with E-state index in [1.807, 2.05) is 37.4 Å². The van der Waals surface area contributed by atoms with Crippen LogP contribution in [0.5, 0.6) is 17.2 Å². The highest BCUT2D eigenvalue weighted by Crippen LogP contribution is 2.42. The molecule has 10 heteroatoms. The summed E-state index contributed by atoms with van der Waals surface area (Å²) in [6.45, 7) is 6.93. The van der Waals surface area contributed by atoms with Gasteiger partial charge in [-0.05, 0) is 88.2 Å². The topological polar surface area (TPSA) is 92.9 Å². The van der Waals surface area contributed by atoms with Crippen LogP contribution in [0.25, 0.3) is 16.6 Å². The minimum Gasteiger partial charge on any atom is -0.489 e. The Morgan fingerprint density at radius 1 is 1.10 bits per heavy atom. The Labute approximate surface area is 245 Å². The van der Waals surface area contributed by atoms with Crippen LogP contribution in [0.2, 0.25) is 0 Å². The van der Waals surface area contributed by atoms with E-state index in [9.17, 15) is 0 Å². The fourth-order valence-corrected chi connectivity index (χ4v) is 5.70. The van der Waals surface area contributed by atoms with Crippen LogP contribution in [-0.4, -0.2) is 62.3 Å². The molecule has 0 atom stereocenters. The minimum atomic E-state index is 0.616. The summed E-state index contributed by atoms with van der Waals surface area (Å²) in [6, 6.07) is 14.7. The quantitative estimate of drug-likeness (QED) is 0.201. The van der Waals surface area contributed by atoms with Crippen molar-refractivity contribution >= 4 is 33.7 Å². The van der Waals surface area contributed by atoms with Gasteiger partial charge in [0.1, 0.15) is 36.6 Å². The van der Waals surface area contributed by atoms with Crippen LogP contribution in [0.15, 0.2) is 61.3 Å². The van der Waals surface area contributed by atoms with Crippen LogP contribution in [-0.2, 0) is 0 Å². The largest absolute Gasteiger partial charge is 0.489 e. The molecule has 1 N–H and O–H groups in total. The Bertz CT molecular complexity index is 1720. The molecule has 42 heavy (non-hydrogen) atoms. The number of hydrogen-bond donors (Lipinski definition) is 1. The van der Waals surface area contributed by atoms with E-state index in [0.717, 1.165) is 77.0 Å². The summed E-state index contributed by atoms with van der Waals surface area (Å²) in [5.74, 6) is 3.01. The Morgan fingerprint density at radius 3 is 2.88 bits per heavy atom. The maximum absolute atomic E-state index is 6.26. The van der Waals surface area contributed by atoms with Crippen molar-refractivity contribution in [1.82, 2.24) is 29.5 Å². The van der Waals surface area contributed by atoms with E-state index in [2.05, 4.69) is 67.0 Å². The SMILES string of the molecule is Cc1cc(Nc2ncnc3ccc4c(c23)OCCN4[CH]CCCN(C)C2CCC2)ccc1Oc1ccn2ncnc2c1. The molecule has 2 aromatic carbocycles. The number of pyridine rings is 1. The zero-order chi connectivity index (χ0) is 28.5. The van der Waals surface area contributed by atoms with E-state index in [0.29, 0.717) is 18.2 Å². The second kappa shape index (κ2) is 11.4. The predicted octanol–water partition coefficient (Wildman–Crippen LogP) is 6.14. The number of benzene rings is 2. The molecule has 2 aliphatic rings. The lowest BCUT2D eigenvalue weighted by atomic mass is 9.92. The van der Waals surface area contributed by atoms with Gasteiger partial charge >= 0.3 is 0 Å². The van der Waals surface area contributed by atoms with E-state index in [-0.39, 0.29) is 0 Å². The molecule has 1 fully saturated rings. The van der Waals surface area contributed by atoms with Crippen LogP contribution in [0.3, 0.4) is 0 Å². The lowest BCUT2D eigenvalue weighted by Gasteiger charge is -2.35. The monoisotopic (exact) mass is 563 g/mol. The van der Waals surface area contributed by atoms with Crippen molar-refractivity contribution in [3.8, 4) is 17.2 Å². The molecule has 1 radical (unpaired) electrons. The maximum atomic E-state index is 6.26. The zero-order valence-corrected chi connectivity index (χ0v) is 24.0. The third kappa shape index (κ3) is 5.30. The first kappa shape index (κ1) is 26.5. The van der Waals surface area contributed by atoms with Crippen LogP contribution in [0.4, 0.5) is 17.2 Å². The van der Waals surface area contributed by atoms with Gasteiger partial charge in [0.05, 0.1) is 23.1 Å². The molecule has 0 saturated heterocycles.